The van der Waals surface area contributed by atoms with Crippen LogP contribution in [0.25, 0.3) is 0 Å². The highest BCUT2D eigenvalue weighted by Crippen LogP contribution is 2.26. The van der Waals surface area contributed by atoms with Crippen molar-refractivity contribution >= 4 is 17.5 Å². The molecule has 3 atom stereocenters. The third kappa shape index (κ3) is 6.07. The van der Waals surface area contributed by atoms with E-state index in [0.29, 0.717) is 41.5 Å². The molecule has 1 aliphatic rings. The van der Waals surface area contributed by atoms with Crippen LogP contribution in [-0.2, 0) is 4.74 Å². The van der Waals surface area contributed by atoms with Gasteiger partial charge in [-0.25, -0.2) is 0 Å². The molecular formula is C26H35N3O5. The number of ether oxygens (including phenoxy) is 3. The molecule has 8 nitrogen and oxygen atoms in total. The summed E-state index contributed by atoms with van der Waals surface area (Å²) >= 11 is 0. The van der Waals surface area contributed by atoms with E-state index in [4.69, 9.17) is 14.2 Å². The highest BCUT2D eigenvalue weighted by molar-refractivity contribution is 6.05. The molecule has 0 aromatic heterocycles. The summed E-state index contributed by atoms with van der Waals surface area (Å²) in [5.74, 6) is 0.918. The van der Waals surface area contributed by atoms with Crippen molar-refractivity contribution in [1.29, 1.82) is 0 Å². The molecule has 1 N–H and O–H groups in total. The average Bonchev–Trinajstić information content (AvgIpc) is 2.84. The molecule has 184 valence electrons. The van der Waals surface area contributed by atoms with Gasteiger partial charge in [-0.05, 0) is 62.4 Å². The zero-order valence-electron chi connectivity index (χ0n) is 20.8. The normalized spacial score (nSPS) is 22.1. The Balaban J connectivity index is 1.88. The summed E-state index contributed by atoms with van der Waals surface area (Å²) in [6.07, 6.45) is -0.106. The van der Waals surface area contributed by atoms with Crippen molar-refractivity contribution < 1.29 is 23.8 Å². The largest absolute Gasteiger partial charge is 0.497 e. The van der Waals surface area contributed by atoms with Crippen LogP contribution < -0.4 is 14.8 Å². The first-order valence-electron chi connectivity index (χ1n) is 11.4. The Morgan fingerprint density at radius 1 is 1.06 bits per heavy atom. The fourth-order valence-electron chi connectivity index (χ4n) is 3.98. The number of likely N-dealkylation sites (N-methyl/N-ethyl adjacent to an activating group) is 2. The molecule has 0 saturated carbocycles. The maximum atomic E-state index is 13.4. The molecule has 2 aromatic rings. The van der Waals surface area contributed by atoms with Gasteiger partial charge in [0.15, 0.2) is 0 Å². The first-order chi connectivity index (χ1) is 16.2. The first kappa shape index (κ1) is 25.5. The van der Waals surface area contributed by atoms with Crippen molar-refractivity contribution in [2.45, 2.75) is 26.0 Å². The second-order valence-corrected chi connectivity index (χ2v) is 8.93. The van der Waals surface area contributed by atoms with Gasteiger partial charge in [0.2, 0.25) is 0 Å². The molecular weight excluding hydrogens is 434 g/mol. The topological polar surface area (TPSA) is 80.3 Å². The molecule has 8 heteroatoms. The maximum absolute atomic E-state index is 13.4. The van der Waals surface area contributed by atoms with E-state index in [9.17, 15) is 9.59 Å². The maximum Gasteiger partial charge on any atom is 0.257 e. The van der Waals surface area contributed by atoms with Crippen LogP contribution in [0.3, 0.4) is 0 Å². The predicted molar refractivity (Wildman–Crippen MR) is 132 cm³/mol. The number of rotatable bonds is 4. The summed E-state index contributed by atoms with van der Waals surface area (Å²) in [7, 11) is 7.08. The van der Waals surface area contributed by atoms with Gasteiger partial charge in [0.1, 0.15) is 18.1 Å². The standard InChI is InChI=1S/C26H35N3O5/c1-17-14-28(3)18(2)16-34-23-12-9-20(13-22(23)26(31)29(4)15-24(17)33-6)27-25(30)19-7-10-21(32-5)11-8-19/h7-13,17-18,24H,14-16H2,1-6H3,(H,27,30)/t17-,18+,24-/m1/s1. The van der Waals surface area contributed by atoms with Gasteiger partial charge in [0, 0.05) is 44.5 Å². The summed E-state index contributed by atoms with van der Waals surface area (Å²) < 4.78 is 16.9. The molecule has 1 heterocycles. The lowest BCUT2D eigenvalue weighted by molar-refractivity contribution is 0.0150. The van der Waals surface area contributed by atoms with Crippen molar-refractivity contribution in [1.82, 2.24) is 9.80 Å². The van der Waals surface area contributed by atoms with Crippen LogP contribution in [0.4, 0.5) is 5.69 Å². The van der Waals surface area contributed by atoms with Crippen LogP contribution in [0.5, 0.6) is 11.5 Å². The van der Waals surface area contributed by atoms with Crippen molar-refractivity contribution in [3.63, 3.8) is 0 Å². The molecule has 2 amide bonds. The molecule has 2 aromatic carbocycles. The van der Waals surface area contributed by atoms with Gasteiger partial charge in [-0.2, -0.15) is 0 Å². The highest BCUT2D eigenvalue weighted by atomic mass is 16.5. The van der Waals surface area contributed by atoms with Crippen molar-refractivity contribution in [2.24, 2.45) is 5.92 Å². The van der Waals surface area contributed by atoms with Gasteiger partial charge in [0.25, 0.3) is 11.8 Å². The molecule has 0 bridgehead atoms. The molecule has 0 unspecified atom stereocenters. The number of nitrogens with one attached hydrogen (secondary N) is 1. The number of hydrogen-bond acceptors (Lipinski definition) is 6. The van der Waals surface area contributed by atoms with E-state index < -0.39 is 0 Å². The van der Waals surface area contributed by atoms with Crippen LogP contribution in [0, 0.1) is 5.92 Å². The van der Waals surface area contributed by atoms with E-state index in [1.165, 1.54) is 0 Å². The molecule has 0 spiro atoms. The van der Waals surface area contributed by atoms with Crippen molar-refractivity contribution in [3.8, 4) is 11.5 Å². The van der Waals surface area contributed by atoms with Crippen LogP contribution in [0.15, 0.2) is 42.5 Å². The number of benzene rings is 2. The number of fused-ring (bicyclic) bond motifs is 1. The smallest absolute Gasteiger partial charge is 0.257 e. The predicted octanol–water partition coefficient (Wildman–Crippen LogP) is 3.38. The number of carbonyl (C=O) groups is 2. The third-order valence-corrected chi connectivity index (χ3v) is 6.37. The zero-order valence-corrected chi connectivity index (χ0v) is 20.8. The Morgan fingerprint density at radius 3 is 2.41 bits per heavy atom. The fraction of sp³-hybridized carbons (Fsp3) is 0.462. The fourth-order valence-corrected chi connectivity index (χ4v) is 3.98. The molecule has 3 rings (SSSR count). The number of hydrogen-bond donors (Lipinski definition) is 1. The van der Waals surface area contributed by atoms with Gasteiger partial charge < -0.3 is 24.4 Å². The number of carbonyl (C=O) groups excluding carboxylic acids is 2. The summed E-state index contributed by atoms with van der Waals surface area (Å²) in [6, 6.07) is 12.1. The minimum atomic E-state index is -0.277. The molecule has 34 heavy (non-hydrogen) atoms. The number of nitrogens with zero attached hydrogens (tertiary/aromatic N) is 2. The Kier molecular flexibility index (Phi) is 8.52. The van der Waals surface area contributed by atoms with Crippen molar-refractivity contribution in [2.75, 3.05) is 53.3 Å². The third-order valence-electron chi connectivity index (χ3n) is 6.37. The van der Waals surface area contributed by atoms with E-state index in [-0.39, 0.29) is 29.9 Å². The van der Waals surface area contributed by atoms with E-state index in [1.54, 1.807) is 68.6 Å². The summed E-state index contributed by atoms with van der Waals surface area (Å²) in [5.41, 5.74) is 1.40. The summed E-state index contributed by atoms with van der Waals surface area (Å²) in [4.78, 5) is 30.0. The van der Waals surface area contributed by atoms with Crippen molar-refractivity contribution in [3.05, 3.63) is 53.6 Å². The van der Waals surface area contributed by atoms with Gasteiger partial charge in [-0.1, -0.05) is 6.92 Å². The molecule has 0 radical (unpaired) electrons. The Bertz CT molecular complexity index is 994. The lowest BCUT2D eigenvalue weighted by Crippen LogP contribution is -2.45. The van der Waals surface area contributed by atoms with Crippen LogP contribution in [0.2, 0.25) is 0 Å². The number of anilines is 1. The summed E-state index contributed by atoms with van der Waals surface area (Å²) in [6.45, 7) is 5.93. The Labute approximate surface area is 201 Å². The monoisotopic (exact) mass is 469 g/mol. The minimum Gasteiger partial charge on any atom is -0.497 e. The highest BCUT2D eigenvalue weighted by Gasteiger charge is 2.27. The van der Waals surface area contributed by atoms with E-state index >= 15 is 0 Å². The van der Waals surface area contributed by atoms with Crippen LogP contribution in [-0.4, -0.2) is 81.8 Å². The summed E-state index contributed by atoms with van der Waals surface area (Å²) in [5, 5.41) is 2.87. The average molecular weight is 470 g/mol. The van der Waals surface area contributed by atoms with Crippen LogP contribution >= 0.6 is 0 Å². The second-order valence-electron chi connectivity index (χ2n) is 8.93. The quantitative estimate of drug-likeness (QED) is 0.740. The van der Waals surface area contributed by atoms with Crippen LogP contribution in [0.1, 0.15) is 34.6 Å². The number of amides is 2. The Morgan fingerprint density at radius 2 is 1.76 bits per heavy atom. The number of methoxy groups -OCH3 is 2. The first-order valence-corrected chi connectivity index (χ1v) is 11.4. The lowest BCUT2D eigenvalue weighted by atomic mass is 10.0. The van der Waals surface area contributed by atoms with E-state index in [1.807, 2.05) is 0 Å². The Hall–Kier alpha value is -3.10. The lowest BCUT2D eigenvalue weighted by Gasteiger charge is -2.34. The SMILES string of the molecule is COc1ccc(C(=O)Nc2ccc3c(c2)C(=O)N(C)C[C@@H](OC)[C@H](C)CN(C)[C@@H](C)CO3)cc1. The molecule has 0 saturated heterocycles. The van der Waals surface area contributed by atoms with Gasteiger partial charge in [-0.3, -0.25) is 14.5 Å². The molecule has 0 aliphatic carbocycles. The minimum absolute atomic E-state index is 0.106. The van der Waals surface area contributed by atoms with E-state index in [2.05, 4.69) is 31.1 Å². The zero-order chi connectivity index (χ0) is 24.8. The second kappa shape index (κ2) is 11.4. The van der Waals surface area contributed by atoms with Gasteiger partial charge in [0.05, 0.1) is 18.8 Å². The molecule has 0 fully saturated rings. The van der Waals surface area contributed by atoms with E-state index in [0.717, 1.165) is 6.54 Å². The molecule has 1 aliphatic heterocycles. The van der Waals surface area contributed by atoms with Gasteiger partial charge >= 0.3 is 0 Å². The van der Waals surface area contributed by atoms with Gasteiger partial charge in [-0.15, -0.1) is 0 Å².